The monoisotopic (exact) mass is 298 g/mol. The zero-order valence-corrected chi connectivity index (χ0v) is 11.5. The number of rotatable bonds is 6. The Morgan fingerprint density at radius 3 is 1.36 bits per heavy atom. The molecule has 0 atom stereocenters. The fourth-order valence-electron chi connectivity index (χ4n) is 1.79. The van der Waals surface area contributed by atoms with Crippen LogP contribution in [0.15, 0.2) is 72.1 Å². The molecule has 6 heteroatoms. The van der Waals surface area contributed by atoms with E-state index in [4.69, 9.17) is 10.2 Å². The lowest BCUT2D eigenvalue weighted by Gasteiger charge is -2.15. The Labute approximate surface area is 126 Å². The minimum absolute atomic E-state index is 0.114. The smallest absolute Gasteiger partial charge is 0.346 e. The van der Waals surface area contributed by atoms with E-state index in [9.17, 15) is 9.59 Å². The lowest BCUT2D eigenvalue weighted by molar-refractivity contribution is -0.140. The number of carbonyl (C=O) groups is 2. The van der Waals surface area contributed by atoms with Crippen molar-refractivity contribution in [3.8, 4) is 0 Å². The molecule has 22 heavy (non-hydrogen) atoms. The second-order valence-electron chi connectivity index (χ2n) is 4.34. The molecule has 0 saturated carbocycles. The summed E-state index contributed by atoms with van der Waals surface area (Å²) in [7, 11) is 0. The molecule has 2 rings (SSSR count). The molecule has 0 radical (unpaired) electrons. The fraction of sp³-hybridized carbons (Fsp3) is 0. The van der Waals surface area contributed by atoms with E-state index < -0.39 is 17.5 Å². The van der Waals surface area contributed by atoms with Crippen molar-refractivity contribution in [1.82, 2.24) is 0 Å². The van der Waals surface area contributed by atoms with E-state index in [1.54, 1.807) is 60.7 Å². The molecule has 0 aliphatic rings. The zero-order chi connectivity index (χ0) is 15.9. The average Bonchev–Trinajstić information content (AvgIpc) is 2.48. The predicted molar refractivity (Wildman–Crippen MR) is 82.4 cm³/mol. The summed E-state index contributed by atoms with van der Waals surface area (Å²) in [6, 6.07) is 17.4. The molecule has 0 unspecified atom stereocenters. The molecule has 0 fully saturated rings. The van der Waals surface area contributed by atoms with Crippen LogP contribution < -0.4 is 10.6 Å². The third kappa shape index (κ3) is 3.86. The molecule has 2 aromatic carbocycles. The first kappa shape index (κ1) is 15.1. The van der Waals surface area contributed by atoms with Crippen molar-refractivity contribution in [2.75, 3.05) is 10.6 Å². The summed E-state index contributed by atoms with van der Waals surface area (Å²) in [4.78, 5) is 22.5. The van der Waals surface area contributed by atoms with Gasteiger partial charge in [-0.1, -0.05) is 36.4 Å². The maximum atomic E-state index is 11.2. The summed E-state index contributed by atoms with van der Waals surface area (Å²) < 4.78 is 0. The Balaban J connectivity index is 2.42. The minimum Gasteiger partial charge on any atom is -0.477 e. The number of hydrogen-bond donors (Lipinski definition) is 4. The summed E-state index contributed by atoms with van der Waals surface area (Å²) in [5, 5.41) is 23.9. The Kier molecular flexibility index (Phi) is 4.77. The highest BCUT2D eigenvalue weighted by molar-refractivity contribution is 6.13. The number of carboxylic acids is 2. The van der Waals surface area contributed by atoms with Crippen molar-refractivity contribution in [2.45, 2.75) is 0 Å². The van der Waals surface area contributed by atoms with Gasteiger partial charge in [0.25, 0.3) is 0 Å². The molecule has 112 valence electrons. The fourth-order valence-corrected chi connectivity index (χ4v) is 1.79. The second kappa shape index (κ2) is 6.94. The normalized spacial score (nSPS) is 9.64. The van der Waals surface area contributed by atoms with Gasteiger partial charge in [-0.25, -0.2) is 9.59 Å². The molecule has 0 aliphatic carbocycles. The number of para-hydroxylation sites is 2. The lowest BCUT2D eigenvalue weighted by atomic mass is 10.2. The molecule has 0 amide bonds. The van der Waals surface area contributed by atoms with E-state index in [-0.39, 0.29) is 5.82 Å². The van der Waals surface area contributed by atoms with Gasteiger partial charge >= 0.3 is 11.9 Å². The van der Waals surface area contributed by atoms with Gasteiger partial charge in [0.1, 0.15) is 5.82 Å². The van der Waals surface area contributed by atoms with Crippen molar-refractivity contribution >= 4 is 23.3 Å². The zero-order valence-electron chi connectivity index (χ0n) is 11.5. The second-order valence-corrected chi connectivity index (χ2v) is 4.34. The van der Waals surface area contributed by atoms with Gasteiger partial charge in [-0.05, 0) is 24.3 Å². The Bertz CT molecular complexity index is 637. The highest BCUT2D eigenvalue weighted by atomic mass is 16.4. The van der Waals surface area contributed by atoms with Crippen LogP contribution in [0.5, 0.6) is 0 Å². The topological polar surface area (TPSA) is 98.7 Å². The summed E-state index contributed by atoms with van der Waals surface area (Å²) in [5.41, 5.74) is 0.370. The summed E-state index contributed by atoms with van der Waals surface area (Å²) in [6.07, 6.45) is 0. The first-order valence-electron chi connectivity index (χ1n) is 6.43. The van der Waals surface area contributed by atoms with Crippen LogP contribution in [-0.2, 0) is 9.59 Å². The predicted octanol–water partition coefficient (Wildman–Crippen LogP) is 2.59. The van der Waals surface area contributed by atoms with Crippen LogP contribution in [-0.4, -0.2) is 22.2 Å². The highest BCUT2D eigenvalue weighted by Crippen LogP contribution is 2.16. The molecule has 4 N–H and O–H groups in total. The van der Waals surface area contributed by atoms with Crippen molar-refractivity contribution in [2.24, 2.45) is 0 Å². The molecule has 0 bridgehead atoms. The lowest BCUT2D eigenvalue weighted by Crippen LogP contribution is -2.22. The standard InChI is InChI=1S/C16H14N2O4/c19-15(20)13(16(21)22)14(17-11-7-3-1-4-8-11)18-12-9-5-2-6-10-12/h1-10,17-18H,(H,19,20)(H,21,22). The maximum Gasteiger partial charge on any atom is 0.346 e. The average molecular weight is 298 g/mol. The van der Waals surface area contributed by atoms with E-state index in [0.717, 1.165) is 0 Å². The van der Waals surface area contributed by atoms with Gasteiger partial charge in [-0.2, -0.15) is 0 Å². The molecule has 6 nitrogen and oxygen atoms in total. The molecular formula is C16H14N2O4. The van der Waals surface area contributed by atoms with Gasteiger partial charge in [-0.3, -0.25) is 0 Å². The van der Waals surface area contributed by atoms with E-state index in [2.05, 4.69) is 10.6 Å². The van der Waals surface area contributed by atoms with Crippen LogP contribution in [0.25, 0.3) is 0 Å². The first-order valence-corrected chi connectivity index (χ1v) is 6.43. The quantitative estimate of drug-likeness (QED) is 0.372. The first-order chi connectivity index (χ1) is 10.6. The number of hydrogen-bond acceptors (Lipinski definition) is 4. The number of nitrogens with one attached hydrogen (secondary N) is 2. The number of benzene rings is 2. The van der Waals surface area contributed by atoms with Gasteiger partial charge in [-0.15, -0.1) is 0 Å². The van der Waals surface area contributed by atoms with Gasteiger partial charge in [0.15, 0.2) is 5.57 Å². The third-order valence-electron chi connectivity index (χ3n) is 2.76. The van der Waals surface area contributed by atoms with Crippen molar-refractivity contribution in [1.29, 1.82) is 0 Å². The van der Waals surface area contributed by atoms with E-state index >= 15 is 0 Å². The summed E-state index contributed by atoms with van der Waals surface area (Å²) in [6.45, 7) is 0. The van der Waals surface area contributed by atoms with E-state index in [0.29, 0.717) is 11.4 Å². The van der Waals surface area contributed by atoms with Crippen molar-refractivity contribution in [3.63, 3.8) is 0 Å². The van der Waals surface area contributed by atoms with Crippen LogP contribution in [0.1, 0.15) is 0 Å². The molecular weight excluding hydrogens is 284 g/mol. The SMILES string of the molecule is O=C(O)C(C(=O)O)=C(Nc1ccccc1)Nc1ccccc1. The largest absolute Gasteiger partial charge is 0.477 e. The van der Waals surface area contributed by atoms with E-state index in [1.807, 2.05) is 0 Å². The number of aliphatic carboxylic acids is 2. The summed E-state index contributed by atoms with van der Waals surface area (Å²) >= 11 is 0. The van der Waals surface area contributed by atoms with Gasteiger partial charge < -0.3 is 20.8 Å². The van der Waals surface area contributed by atoms with Crippen LogP contribution in [0, 0.1) is 0 Å². The molecule has 2 aromatic rings. The molecule has 0 spiro atoms. The highest BCUT2D eigenvalue weighted by Gasteiger charge is 2.23. The molecule has 0 heterocycles. The van der Waals surface area contributed by atoms with Gasteiger partial charge in [0.2, 0.25) is 0 Å². The van der Waals surface area contributed by atoms with Gasteiger partial charge in [0.05, 0.1) is 0 Å². The minimum atomic E-state index is -1.53. The molecule has 0 aliphatic heterocycles. The van der Waals surface area contributed by atoms with E-state index in [1.165, 1.54) is 0 Å². The molecule has 0 saturated heterocycles. The van der Waals surface area contributed by atoms with Crippen molar-refractivity contribution < 1.29 is 19.8 Å². The van der Waals surface area contributed by atoms with Crippen molar-refractivity contribution in [3.05, 3.63) is 72.1 Å². The maximum absolute atomic E-state index is 11.2. The number of anilines is 2. The van der Waals surface area contributed by atoms with Crippen LogP contribution in [0.3, 0.4) is 0 Å². The Hall–Kier alpha value is -3.28. The molecule has 0 aromatic heterocycles. The Morgan fingerprint density at radius 1 is 0.682 bits per heavy atom. The van der Waals surface area contributed by atoms with Crippen LogP contribution in [0.2, 0.25) is 0 Å². The van der Waals surface area contributed by atoms with Crippen LogP contribution in [0.4, 0.5) is 11.4 Å². The van der Waals surface area contributed by atoms with Gasteiger partial charge in [0, 0.05) is 11.4 Å². The van der Waals surface area contributed by atoms with Crippen LogP contribution >= 0.6 is 0 Å². The third-order valence-corrected chi connectivity index (χ3v) is 2.76. The number of carboxylic acid groups (broad SMARTS) is 2. The summed E-state index contributed by atoms with van der Waals surface area (Å²) in [5.74, 6) is -3.18. The Morgan fingerprint density at radius 2 is 1.05 bits per heavy atom.